The van der Waals surface area contributed by atoms with Crippen molar-refractivity contribution in [2.45, 2.75) is 17.9 Å². The Balaban J connectivity index is 1.88. The predicted octanol–water partition coefficient (Wildman–Crippen LogP) is 4.00. The van der Waals surface area contributed by atoms with Gasteiger partial charge in [-0.15, -0.1) is 11.3 Å². The Morgan fingerprint density at radius 3 is 2.52 bits per heavy atom. The molecule has 3 aromatic rings. The Kier molecular flexibility index (Phi) is 7.37. The molecule has 2 aromatic carbocycles. The van der Waals surface area contributed by atoms with E-state index in [-0.39, 0.29) is 39.3 Å². The number of amides is 1. The van der Waals surface area contributed by atoms with Crippen LogP contribution in [0.3, 0.4) is 0 Å². The van der Waals surface area contributed by atoms with Gasteiger partial charge in [0.15, 0.2) is 20.7 Å². The Bertz CT molecular complexity index is 1310. The number of carbonyl (C=O) groups excluding carboxylic acids is 1. The normalized spacial score (nSPS) is 11.8. The predicted molar refractivity (Wildman–Crippen MR) is 122 cm³/mol. The molecule has 0 bridgehead atoms. The number of nitrogens with zero attached hydrogens (tertiary/aromatic N) is 3. The lowest BCUT2D eigenvalue weighted by molar-refractivity contribution is 0.102. The van der Waals surface area contributed by atoms with E-state index in [1.54, 1.807) is 6.92 Å². The van der Waals surface area contributed by atoms with Crippen molar-refractivity contribution in [2.75, 3.05) is 18.1 Å². The van der Waals surface area contributed by atoms with E-state index in [9.17, 15) is 18.1 Å². The zero-order valence-electron chi connectivity index (χ0n) is 17.5. The van der Waals surface area contributed by atoms with Crippen LogP contribution in [0.25, 0.3) is 0 Å². The highest BCUT2D eigenvalue weighted by Crippen LogP contribution is 2.29. The summed E-state index contributed by atoms with van der Waals surface area (Å²) in [6.07, 6.45) is 0.561. The van der Waals surface area contributed by atoms with Crippen LogP contribution in [0.4, 0.5) is 5.13 Å². The summed E-state index contributed by atoms with van der Waals surface area (Å²) in [5.74, 6) is 0.330. The van der Waals surface area contributed by atoms with Crippen LogP contribution in [-0.2, 0) is 9.84 Å². The molecule has 33 heavy (non-hydrogen) atoms. The molecule has 0 aliphatic carbocycles. The van der Waals surface area contributed by atoms with Crippen molar-refractivity contribution in [1.82, 2.24) is 4.98 Å². The lowest BCUT2D eigenvalue weighted by Crippen LogP contribution is -2.16. The Morgan fingerprint density at radius 2 is 1.91 bits per heavy atom. The maximum atomic E-state index is 12.8. The first kappa shape index (κ1) is 23.8. The van der Waals surface area contributed by atoms with Gasteiger partial charge in [0.25, 0.3) is 5.91 Å². The number of thiazole rings is 1. The van der Waals surface area contributed by atoms with Gasteiger partial charge < -0.3 is 9.47 Å². The summed E-state index contributed by atoms with van der Waals surface area (Å²) < 4.78 is 34.7. The SMILES string of the molecule is CC(CN=O)Oc1cc(Oc2ccc(S(C)(=O)=O)cc2)cc(C(=O)Nc2nc(C#N)cs2)c1. The van der Waals surface area contributed by atoms with E-state index >= 15 is 0 Å². The lowest BCUT2D eigenvalue weighted by Gasteiger charge is -2.15. The summed E-state index contributed by atoms with van der Waals surface area (Å²) >= 11 is 1.10. The van der Waals surface area contributed by atoms with Crippen molar-refractivity contribution < 1.29 is 22.7 Å². The smallest absolute Gasteiger partial charge is 0.257 e. The molecule has 0 radical (unpaired) electrons. The molecule has 1 heterocycles. The van der Waals surface area contributed by atoms with E-state index in [4.69, 9.17) is 14.7 Å². The second-order valence-electron chi connectivity index (χ2n) is 6.88. The number of hydrogen-bond donors (Lipinski definition) is 1. The Hall–Kier alpha value is -3.82. The zero-order valence-corrected chi connectivity index (χ0v) is 19.1. The van der Waals surface area contributed by atoms with E-state index in [2.05, 4.69) is 15.5 Å². The third-order valence-corrected chi connectivity index (χ3v) is 6.02. The number of nitroso groups, excluding NO2 is 1. The molecule has 170 valence electrons. The average Bonchev–Trinajstić information content (AvgIpc) is 3.21. The molecule has 1 N–H and O–H groups in total. The van der Waals surface area contributed by atoms with Gasteiger partial charge in [0.05, 0.1) is 4.90 Å². The fourth-order valence-electron chi connectivity index (χ4n) is 2.65. The quantitative estimate of drug-likeness (QED) is 0.446. The summed E-state index contributed by atoms with van der Waals surface area (Å²) in [6, 6.07) is 12.1. The van der Waals surface area contributed by atoms with Gasteiger partial charge in [0, 0.05) is 23.3 Å². The van der Waals surface area contributed by atoms with E-state index in [1.807, 2.05) is 6.07 Å². The van der Waals surface area contributed by atoms with Gasteiger partial charge in [-0.2, -0.15) is 10.2 Å². The number of carbonyl (C=O) groups is 1. The number of nitrogens with one attached hydrogen (secondary N) is 1. The molecule has 10 nitrogen and oxygen atoms in total. The molecule has 0 saturated carbocycles. The molecule has 0 spiro atoms. The fraction of sp³-hybridized carbons (Fsp3) is 0.190. The van der Waals surface area contributed by atoms with Crippen LogP contribution in [0, 0.1) is 16.2 Å². The number of anilines is 1. The number of hydrogen-bond acceptors (Lipinski definition) is 10. The van der Waals surface area contributed by atoms with Crippen LogP contribution >= 0.6 is 11.3 Å². The van der Waals surface area contributed by atoms with E-state index in [1.165, 1.54) is 47.8 Å². The van der Waals surface area contributed by atoms with Gasteiger partial charge in [-0.25, -0.2) is 13.4 Å². The fourth-order valence-corrected chi connectivity index (χ4v) is 3.91. The average molecular weight is 487 g/mol. The molecular formula is C21H18N4O6S2. The number of ether oxygens (including phenoxy) is 2. The molecule has 0 saturated heterocycles. The van der Waals surface area contributed by atoms with Crippen LogP contribution < -0.4 is 14.8 Å². The van der Waals surface area contributed by atoms with E-state index < -0.39 is 21.8 Å². The summed E-state index contributed by atoms with van der Waals surface area (Å²) in [5, 5.41) is 16.1. The molecule has 0 aliphatic heterocycles. The molecule has 1 atom stereocenters. The third kappa shape index (κ3) is 6.58. The summed E-state index contributed by atoms with van der Waals surface area (Å²) in [4.78, 5) is 27.4. The number of aromatic nitrogens is 1. The van der Waals surface area contributed by atoms with Gasteiger partial charge in [-0.05, 0) is 43.3 Å². The molecule has 0 fully saturated rings. The standard InChI is InChI=1S/C21H18N4O6S2/c1-13(11-23-27)30-17-7-14(20(26)25-21-24-15(10-22)12-32-21)8-18(9-17)31-16-3-5-19(6-4-16)33(2,28)29/h3-9,12-13H,11H2,1-2H3,(H,24,25,26). The van der Waals surface area contributed by atoms with Crippen molar-refractivity contribution >= 4 is 32.2 Å². The first-order valence-electron chi connectivity index (χ1n) is 9.44. The van der Waals surface area contributed by atoms with Crippen molar-refractivity contribution in [2.24, 2.45) is 5.18 Å². The van der Waals surface area contributed by atoms with Crippen LogP contribution in [0.2, 0.25) is 0 Å². The largest absolute Gasteiger partial charge is 0.488 e. The zero-order chi connectivity index (χ0) is 24.0. The van der Waals surface area contributed by atoms with Crippen LogP contribution in [-0.4, -0.2) is 38.2 Å². The molecule has 0 aliphatic rings. The topological polar surface area (TPSA) is 148 Å². The highest BCUT2D eigenvalue weighted by molar-refractivity contribution is 7.90. The molecule has 3 rings (SSSR count). The monoisotopic (exact) mass is 486 g/mol. The summed E-state index contributed by atoms with van der Waals surface area (Å²) in [6.45, 7) is 1.56. The van der Waals surface area contributed by atoms with Crippen LogP contribution in [0.15, 0.2) is 57.9 Å². The van der Waals surface area contributed by atoms with Gasteiger partial charge >= 0.3 is 0 Å². The summed E-state index contributed by atoms with van der Waals surface area (Å²) in [5.41, 5.74) is 0.361. The first-order chi connectivity index (χ1) is 15.7. The minimum atomic E-state index is -3.35. The van der Waals surface area contributed by atoms with Gasteiger partial charge in [-0.1, -0.05) is 5.18 Å². The number of sulfone groups is 1. The van der Waals surface area contributed by atoms with Gasteiger partial charge in [0.1, 0.15) is 36.0 Å². The first-order valence-corrected chi connectivity index (χ1v) is 12.2. The molecule has 12 heteroatoms. The number of rotatable bonds is 9. The number of nitriles is 1. The van der Waals surface area contributed by atoms with E-state index in [0.29, 0.717) is 5.75 Å². The van der Waals surface area contributed by atoms with Gasteiger partial charge in [-0.3, -0.25) is 10.1 Å². The highest BCUT2D eigenvalue weighted by Gasteiger charge is 2.15. The maximum absolute atomic E-state index is 12.8. The molecule has 1 unspecified atom stereocenters. The minimum absolute atomic E-state index is 0.0877. The van der Waals surface area contributed by atoms with Crippen molar-refractivity contribution in [3.63, 3.8) is 0 Å². The maximum Gasteiger partial charge on any atom is 0.257 e. The van der Waals surface area contributed by atoms with Crippen molar-refractivity contribution in [3.05, 3.63) is 64.0 Å². The number of benzene rings is 2. The third-order valence-electron chi connectivity index (χ3n) is 4.14. The molecule has 1 amide bonds. The Morgan fingerprint density at radius 1 is 1.21 bits per heavy atom. The minimum Gasteiger partial charge on any atom is -0.488 e. The van der Waals surface area contributed by atoms with Crippen LogP contribution in [0.5, 0.6) is 17.2 Å². The van der Waals surface area contributed by atoms with Crippen LogP contribution in [0.1, 0.15) is 23.0 Å². The molecule has 1 aromatic heterocycles. The Labute approximate surface area is 193 Å². The highest BCUT2D eigenvalue weighted by atomic mass is 32.2. The van der Waals surface area contributed by atoms with Gasteiger partial charge in [0.2, 0.25) is 0 Å². The summed E-state index contributed by atoms with van der Waals surface area (Å²) in [7, 11) is -3.35. The van der Waals surface area contributed by atoms with Crippen molar-refractivity contribution in [3.8, 4) is 23.3 Å². The van der Waals surface area contributed by atoms with E-state index in [0.717, 1.165) is 17.6 Å². The lowest BCUT2D eigenvalue weighted by atomic mass is 10.2. The second kappa shape index (κ2) is 10.2. The van der Waals surface area contributed by atoms with Crippen molar-refractivity contribution in [1.29, 1.82) is 5.26 Å². The molecular weight excluding hydrogens is 468 g/mol. The second-order valence-corrected chi connectivity index (χ2v) is 9.76.